The fraction of sp³-hybridized carbons (Fsp3) is 0.280. The number of allylic oxidation sites excluding steroid dienone is 2. The Bertz CT molecular complexity index is 1060. The largest absolute Gasteiger partial charge is 0.494 e. The van der Waals surface area contributed by atoms with Crippen molar-refractivity contribution in [3.8, 4) is 5.75 Å². The fourth-order valence-corrected chi connectivity index (χ4v) is 3.21. The molecular weight excluding hydrogens is 412 g/mol. The van der Waals surface area contributed by atoms with Crippen LogP contribution in [0.25, 0.3) is 5.57 Å². The molecule has 1 unspecified atom stereocenters. The van der Waals surface area contributed by atoms with Crippen molar-refractivity contribution in [1.29, 1.82) is 0 Å². The normalized spacial score (nSPS) is 13.2. The summed E-state index contributed by atoms with van der Waals surface area (Å²) in [6.07, 6.45) is 5.83. The Hall–Kier alpha value is -3.48. The van der Waals surface area contributed by atoms with Crippen LogP contribution in [0.2, 0.25) is 0 Å². The lowest BCUT2D eigenvalue weighted by Crippen LogP contribution is -2.40. The van der Waals surface area contributed by atoms with Gasteiger partial charge in [0.2, 0.25) is 5.82 Å². The van der Waals surface area contributed by atoms with Crippen molar-refractivity contribution in [3.63, 3.8) is 0 Å². The summed E-state index contributed by atoms with van der Waals surface area (Å²) in [6, 6.07) is 8.33. The number of aryl methyl sites for hydroxylation is 1. The monoisotopic (exact) mass is 441 g/mol. The van der Waals surface area contributed by atoms with Crippen LogP contribution in [0.3, 0.4) is 0 Å². The summed E-state index contributed by atoms with van der Waals surface area (Å²) in [5.41, 5.74) is 3.61. The first kappa shape index (κ1) is 24.8. The maximum atomic E-state index is 14.4. The molecule has 170 valence electrons. The lowest BCUT2D eigenvalue weighted by atomic mass is 10.1. The zero-order valence-corrected chi connectivity index (χ0v) is 19.2. The molecule has 0 saturated heterocycles. The van der Waals surface area contributed by atoms with Crippen LogP contribution >= 0.6 is 0 Å². The van der Waals surface area contributed by atoms with Crippen LogP contribution in [0.4, 0.5) is 14.5 Å². The Labute approximate surface area is 188 Å². The van der Waals surface area contributed by atoms with Crippen molar-refractivity contribution in [2.75, 3.05) is 19.5 Å². The number of methoxy groups -OCH3 is 1. The van der Waals surface area contributed by atoms with Crippen molar-refractivity contribution in [2.45, 2.75) is 33.9 Å². The molecule has 0 amide bonds. The van der Waals surface area contributed by atoms with E-state index in [1.807, 2.05) is 57.1 Å². The number of anilines is 1. The molecule has 0 aromatic heterocycles. The molecule has 7 heteroatoms. The summed E-state index contributed by atoms with van der Waals surface area (Å²) in [7, 11) is 3.19. The summed E-state index contributed by atoms with van der Waals surface area (Å²) in [5, 5.41) is 3.40. The first-order valence-corrected chi connectivity index (χ1v) is 10.1. The third-order valence-electron chi connectivity index (χ3n) is 5.04. The topological polar surface area (TPSA) is 53.9 Å². The van der Waals surface area contributed by atoms with Gasteiger partial charge in [-0.05, 0) is 75.4 Å². The van der Waals surface area contributed by atoms with E-state index in [-0.39, 0.29) is 17.5 Å². The smallest absolute Gasteiger partial charge is 0.201 e. The van der Waals surface area contributed by atoms with E-state index >= 15 is 0 Å². The summed E-state index contributed by atoms with van der Waals surface area (Å²) in [4.78, 5) is 17.5. The number of carbonyl (C=O) groups excluding carboxylic acids is 1. The number of ether oxygens (including phenoxy) is 1. The van der Waals surface area contributed by atoms with Gasteiger partial charge in [0.1, 0.15) is 12.5 Å². The predicted octanol–water partition coefficient (Wildman–Crippen LogP) is 5.82. The number of hydrogen-bond donors (Lipinski definition) is 1. The second-order valence-electron chi connectivity index (χ2n) is 7.41. The minimum Gasteiger partial charge on any atom is -0.494 e. The van der Waals surface area contributed by atoms with Crippen LogP contribution in [0.15, 0.2) is 53.8 Å². The molecule has 0 aliphatic rings. The van der Waals surface area contributed by atoms with Crippen LogP contribution in [0.1, 0.15) is 42.3 Å². The van der Waals surface area contributed by atoms with Crippen LogP contribution in [0.5, 0.6) is 5.75 Å². The maximum Gasteiger partial charge on any atom is 0.201 e. The van der Waals surface area contributed by atoms with E-state index < -0.39 is 11.6 Å². The minimum absolute atomic E-state index is 0.117. The molecule has 2 rings (SSSR count). The van der Waals surface area contributed by atoms with Gasteiger partial charge in [0.15, 0.2) is 11.6 Å². The van der Waals surface area contributed by atoms with Crippen molar-refractivity contribution < 1.29 is 18.3 Å². The highest BCUT2D eigenvalue weighted by atomic mass is 19.2. The van der Waals surface area contributed by atoms with Gasteiger partial charge in [0, 0.05) is 30.1 Å². The second-order valence-corrected chi connectivity index (χ2v) is 7.41. The number of carbonyl (C=O) groups is 1. The number of aldehydes is 1. The summed E-state index contributed by atoms with van der Waals surface area (Å²) < 4.78 is 33.3. The molecule has 0 bridgehead atoms. The number of halogens is 2. The van der Waals surface area contributed by atoms with Crippen molar-refractivity contribution in [2.24, 2.45) is 4.99 Å². The summed E-state index contributed by atoms with van der Waals surface area (Å²) in [6.45, 7) is 7.29. The second kappa shape index (κ2) is 11.2. The molecule has 1 N–H and O–H groups in total. The number of nitrogens with zero attached hydrogens (tertiary/aromatic N) is 2. The van der Waals surface area contributed by atoms with Crippen LogP contribution in [-0.4, -0.2) is 37.2 Å². The SMILES string of the molecule is C/C=C\N(C)C(Nc1ccc(C=O)c(C)c1)/C(C)=N/C=C(\C)c1ccc(OC)c(F)c1F. The average molecular weight is 442 g/mol. The van der Waals surface area contributed by atoms with Crippen LogP contribution in [0, 0.1) is 18.6 Å². The Balaban J connectivity index is 2.36. The van der Waals surface area contributed by atoms with Gasteiger partial charge < -0.3 is 15.0 Å². The van der Waals surface area contributed by atoms with Gasteiger partial charge in [-0.1, -0.05) is 6.08 Å². The van der Waals surface area contributed by atoms with E-state index in [9.17, 15) is 13.6 Å². The van der Waals surface area contributed by atoms with Crippen LogP contribution < -0.4 is 10.1 Å². The number of benzene rings is 2. The third-order valence-corrected chi connectivity index (χ3v) is 5.04. The average Bonchev–Trinajstić information content (AvgIpc) is 2.77. The fourth-order valence-electron chi connectivity index (χ4n) is 3.21. The number of aliphatic imine (C=N–C) groups is 1. The standard InChI is InChI=1S/C25H29F2N3O2/c1-7-12-30(5)25(29-20-9-8-19(15-31)16(2)13-20)18(4)28-14-17(3)21-10-11-22(32-6)24(27)23(21)26/h7-15,25,29H,1-6H3/b12-7-,17-14+,28-18+. The van der Waals surface area contributed by atoms with Crippen molar-refractivity contribution in [3.05, 3.63) is 77.1 Å². The molecule has 0 heterocycles. The first-order chi connectivity index (χ1) is 15.2. The Morgan fingerprint density at radius 3 is 2.50 bits per heavy atom. The molecule has 1 atom stereocenters. The van der Waals surface area contributed by atoms with Crippen molar-refractivity contribution >= 4 is 23.3 Å². The quantitative estimate of drug-likeness (QED) is 0.303. The molecule has 0 aliphatic carbocycles. The first-order valence-electron chi connectivity index (χ1n) is 10.1. The molecule has 32 heavy (non-hydrogen) atoms. The highest BCUT2D eigenvalue weighted by molar-refractivity contribution is 5.90. The minimum atomic E-state index is -1.03. The van der Waals surface area contributed by atoms with E-state index in [1.54, 1.807) is 13.0 Å². The zero-order chi connectivity index (χ0) is 23.8. The van der Waals surface area contributed by atoms with Gasteiger partial charge >= 0.3 is 0 Å². The van der Waals surface area contributed by atoms with Gasteiger partial charge in [0.25, 0.3) is 0 Å². The van der Waals surface area contributed by atoms with E-state index in [4.69, 9.17) is 4.74 Å². The Morgan fingerprint density at radius 1 is 1.19 bits per heavy atom. The molecule has 0 aliphatic heterocycles. The Kier molecular flexibility index (Phi) is 8.70. The number of hydrogen-bond acceptors (Lipinski definition) is 5. The molecule has 0 saturated carbocycles. The highest BCUT2D eigenvalue weighted by Crippen LogP contribution is 2.27. The van der Waals surface area contributed by atoms with Gasteiger partial charge in [-0.3, -0.25) is 9.79 Å². The molecule has 5 nitrogen and oxygen atoms in total. The van der Waals surface area contributed by atoms with E-state index in [0.717, 1.165) is 17.5 Å². The Morgan fingerprint density at radius 2 is 1.91 bits per heavy atom. The lowest BCUT2D eigenvalue weighted by Gasteiger charge is -2.29. The van der Waals surface area contributed by atoms with Gasteiger partial charge in [-0.25, -0.2) is 4.39 Å². The van der Waals surface area contributed by atoms with E-state index in [2.05, 4.69) is 10.3 Å². The van der Waals surface area contributed by atoms with Gasteiger partial charge in [-0.15, -0.1) is 0 Å². The van der Waals surface area contributed by atoms with Gasteiger partial charge in [-0.2, -0.15) is 4.39 Å². The van der Waals surface area contributed by atoms with Crippen LogP contribution in [-0.2, 0) is 0 Å². The zero-order valence-electron chi connectivity index (χ0n) is 19.2. The molecular formula is C25H29F2N3O2. The third kappa shape index (κ3) is 5.81. The molecule has 0 radical (unpaired) electrons. The number of rotatable bonds is 9. The highest BCUT2D eigenvalue weighted by Gasteiger charge is 2.17. The summed E-state index contributed by atoms with van der Waals surface area (Å²) in [5.74, 6) is -2.15. The van der Waals surface area contributed by atoms with Gasteiger partial charge in [0.05, 0.1) is 12.8 Å². The molecule has 2 aromatic carbocycles. The van der Waals surface area contributed by atoms with E-state index in [0.29, 0.717) is 16.8 Å². The molecule has 0 fully saturated rings. The molecule has 0 spiro atoms. The van der Waals surface area contributed by atoms with E-state index in [1.165, 1.54) is 25.4 Å². The predicted molar refractivity (Wildman–Crippen MR) is 126 cm³/mol. The maximum absolute atomic E-state index is 14.4. The lowest BCUT2D eigenvalue weighted by molar-refractivity contribution is 0.112. The van der Waals surface area contributed by atoms with Crippen molar-refractivity contribution in [1.82, 2.24) is 4.90 Å². The number of nitrogens with one attached hydrogen (secondary N) is 1. The summed E-state index contributed by atoms with van der Waals surface area (Å²) >= 11 is 0. The molecule has 2 aromatic rings.